The van der Waals surface area contributed by atoms with Gasteiger partial charge in [0.05, 0.1) is 5.92 Å². The Morgan fingerprint density at radius 3 is 2.75 bits per heavy atom. The Balaban J connectivity index is 2.00. The van der Waals surface area contributed by atoms with Gasteiger partial charge in [-0.2, -0.15) is 0 Å². The number of nitrogens with two attached hydrogens (primary N) is 1. The maximum Gasteiger partial charge on any atom is 0.270 e. The predicted octanol–water partition coefficient (Wildman–Crippen LogP) is 0.729. The summed E-state index contributed by atoms with van der Waals surface area (Å²) in [5.41, 5.74) is 6.38. The molecule has 3 heterocycles. The van der Waals surface area contributed by atoms with Crippen molar-refractivity contribution in [3.05, 3.63) is 46.0 Å². The smallest absolute Gasteiger partial charge is 0.270 e. The summed E-state index contributed by atoms with van der Waals surface area (Å²) in [6.45, 7) is 4.02. The summed E-state index contributed by atoms with van der Waals surface area (Å²) in [7, 11) is 0. The maximum atomic E-state index is 12.8. The van der Waals surface area contributed by atoms with Crippen LogP contribution in [0, 0.1) is 12.8 Å². The summed E-state index contributed by atoms with van der Waals surface area (Å²) in [4.78, 5) is 42.7. The zero-order valence-electron chi connectivity index (χ0n) is 13.7. The monoisotopic (exact) mass is 328 g/mol. The van der Waals surface area contributed by atoms with Crippen LogP contribution in [0.15, 0.2) is 29.3 Å². The molecule has 2 aromatic heterocycles. The third kappa shape index (κ3) is 2.77. The molecule has 2 aromatic rings. The van der Waals surface area contributed by atoms with Gasteiger partial charge in [0.15, 0.2) is 0 Å². The number of pyridine rings is 1. The Kier molecular flexibility index (Phi) is 4.09. The molecule has 0 aromatic carbocycles. The summed E-state index contributed by atoms with van der Waals surface area (Å²) in [6, 6.07) is 3.54. The van der Waals surface area contributed by atoms with Crippen molar-refractivity contribution in [3.8, 4) is 0 Å². The molecule has 1 saturated heterocycles. The molecular formula is C17H20N4O3. The summed E-state index contributed by atoms with van der Waals surface area (Å²) in [5.74, 6) is -1.19. The first-order chi connectivity index (χ1) is 11.4. The van der Waals surface area contributed by atoms with Crippen molar-refractivity contribution in [1.82, 2.24) is 14.3 Å². The lowest BCUT2D eigenvalue weighted by Crippen LogP contribution is -2.49. The molecule has 126 valence electrons. The molecule has 0 bridgehead atoms. The van der Waals surface area contributed by atoms with Crippen LogP contribution < -0.4 is 11.3 Å². The molecule has 1 fully saturated rings. The Morgan fingerprint density at radius 2 is 2.04 bits per heavy atom. The minimum atomic E-state index is -0.413. The second-order valence-corrected chi connectivity index (χ2v) is 6.39. The summed E-state index contributed by atoms with van der Waals surface area (Å²) in [6.07, 6.45) is 4.32. The van der Waals surface area contributed by atoms with Gasteiger partial charge in [0.1, 0.15) is 11.2 Å². The lowest BCUT2D eigenvalue weighted by Gasteiger charge is -2.36. The van der Waals surface area contributed by atoms with Gasteiger partial charge in [-0.15, -0.1) is 0 Å². The highest BCUT2D eigenvalue weighted by Crippen LogP contribution is 2.23. The van der Waals surface area contributed by atoms with Gasteiger partial charge in [-0.3, -0.25) is 18.8 Å². The number of rotatable bonds is 2. The third-order valence-electron chi connectivity index (χ3n) is 4.63. The largest absolute Gasteiger partial charge is 0.369 e. The second kappa shape index (κ2) is 6.07. The normalized spacial score (nSPS) is 21.0. The van der Waals surface area contributed by atoms with E-state index >= 15 is 0 Å². The topological polar surface area (TPSA) is 97.8 Å². The highest BCUT2D eigenvalue weighted by molar-refractivity contribution is 5.94. The molecule has 0 radical (unpaired) electrons. The Bertz CT molecular complexity index is 874. The molecule has 3 rings (SSSR count). The molecule has 2 unspecified atom stereocenters. The van der Waals surface area contributed by atoms with Crippen molar-refractivity contribution in [2.75, 3.05) is 6.54 Å². The Hall–Kier alpha value is -2.70. The average molecular weight is 328 g/mol. The summed E-state index contributed by atoms with van der Waals surface area (Å²) >= 11 is 0. The van der Waals surface area contributed by atoms with Gasteiger partial charge >= 0.3 is 0 Å². The molecule has 0 saturated carbocycles. The van der Waals surface area contributed by atoms with E-state index < -0.39 is 17.4 Å². The van der Waals surface area contributed by atoms with Crippen LogP contribution in [0.1, 0.15) is 35.7 Å². The van der Waals surface area contributed by atoms with E-state index in [0.29, 0.717) is 18.5 Å². The van der Waals surface area contributed by atoms with Gasteiger partial charge in [-0.05, 0) is 38.3 Å². The van der Waals surface area contributed by atoms with Crippen molar-refractivity contribution >= 4 is 17.5 Å². The van der Waals surface area contributed by atoms with Gasteiger partial charge in [-0.1, -0.05) is 6.07 Å². The molecule has 7 nitrogen and oxygen atoms in total. The molecular weight excluding hydrogens is 308 g/mol. The van der Waals surface area contributed by atoms with Crippen molar-refractivity contribution < 1.29 is 9.59 Å². The fourth-order valence-electron chi connectivity index (χ4n) is 3.11. The molecule has 1 aliphatic heterocycles. The third-order valence-corrected chi connectivity index (χ3v) is 4.63. The van der Waals surface area contributed by atoms with E-state index in [2.05, 4.69) is 4.98 Å². The number of carbonyl (C=O) groups is 2. The van der Waals surface area contributed by atoms with E-state index in [1.165, 1.54) is 10.6 Å². The highest BCUT2D eigenvalue weighted by atomic mass is 16.2. The minimum absolute atomic E-state index is 0.00932. The fourth-order valence-corrected chi connectivity index (χ4v) is 3.11. The van der Waals surface area contributed by atoms with Gasteiger partial charge < -0.3 is 10.6 Å². The van der Waals surface area contributed by atoms with Crippen LogP contribution in [-0.2, 0) is 4.79 Å². The van der Waals surface area contributed by atoms with Crippen molar-refractivity contribution in [1.29, 1.82) is 0 Å². The van der Waals surface area contributed by atoms with Crippen LogP contribution in [0.3, 0.4) is 0 Å². The first-order valence-corrected chi connectivity index (χ1v) is 7.97. The van der Waals surface area contributed by atoms with Crippen LogP contribution >= 0.6 is 0 Å². The van der Waals surface area contributed by atoms with Crippen LogP contribution in [0.2, 0.25) is 0 Å². The minimum Gasteiger partial charge on any atom is -0.369 e. The molecule has 7 heteroatoms. The fraction of sp³-hybridized carbons (Fsp3) is 0.412. The van der Waals surface area contributed by atoms with E-state index in [1.807, 2.05) is 19.9 Å². The quantitative estimate of drug-likeness (QED) is 0.878. The number of hydrogen-bond acceptors (Lipinski definition) is 4. The Labute approximate surface area is 139 Å². The number of hydrogen-bond donors (Lipinski definition) is 1. The molecule has 1 aliphatic rings. The predicted molar refractivity (Wildman–Crippen MR) is 88.6 cm³/mol. The number of aryl methyl sites for hydroxylation is 1. The van der Waals surface area contributed by atoms with E-state index in [4.69, 9.17) is 5.73 Å². The van der Waals surface area contributed by atoms with Crippen LogP contribution in [0.5, 0.6) is 0 Å². The maximum absolute atomic E-state index is 12.8. The molecule has 24 heavy (non-hydrogen) atoms. The number of carbonyl (C=O) groups excluding carboxylic acids is 2. The number of piperidine rings is 1. The highest BCUT2D eigenvalue weighted by Gasteiger charge is 2.33. The van der Waals surface area contributed by atoms with Gasteiger partial charge in [0.2, 0.25) is 5.91 Å². The number of amides is 2. The van der Waals surface area contributed by atoms with Crippen LogP contribution in [0.25, 0.3) is 5.65 Å². The lowest BCUT2D eigenvalue weighted by molar-refractivity contribution is -0.123. The lowest BCUT2D eigenvalue weighted by atomic mass is 9.92. The average Bonchev–Trinajstić information content (AvgIpc) is 2.55. The van der Waals surface area contributed by atoms with Crippen LogP contribution in [-0.4, -0.2) is 38.7 Å². The number of fused-ring (bicyclic) bond motifs is 1. The van der Waals surface area contributed by atoms with Crippen molar-refractivity contribution in [2.45, 2.75) is 32.7 Å². The molecule has 2 N–H and O–H groups in total. The number of nitrogens with zero attached hydrogens (tertiary/aromatic N) is 3. The zero-order valence-corrected chi connectivity index (χ0v) is 13.7. The first kappa shape index (κ1) is 16.2. The van der Waals surface area contributed by atoms with E-state index in [0.717, 1.165) is 5.56 Å². The Morgan fingerprint density at radius 1 is 1.29 bits per heavy atom. The summed E-state index contributed by atoms with van der Waals surface area (Å²) in [5, 5.41) is 0. The van der Waals surface area contributed by atoms with E-state index in [9.17, 15) is 14.4 Å². The first-order valence-electron chi connectivity index (χ1n) is 7.97. The van der Waals surface area contributed by atoms with Gasteiger partial charge in [-0.25, -0.2) is 4.98 Å². The van der Waals surface area contributed by atoms with Crippen molar-refractivity contribution in [2.24, 2.45) is 11.7 Å². The SMILES string of the molecule is Cc1ccc2ncc(C(=O)N3CC(C(N)=O)CCC3C)c(=O)n2c1. The molecule has 2 amide bonds. The van der Waals surface area contributed by atoms with Crippen molar-refractivity contribution in [3.63, 3.8) is 0 Å². The van der Waals surface area contributed by atoms with Crippen LogP contribution in [0.4, 0.5) is 0 Å². The molecule has 0 spiro atoms. The second-order valence-electron chi connectivity index (χ2n) is 6.39. The standard InChI is InChI=1S/C17H20N4O3/c1-10-3-6-14-19-7-13(17(24)21(14)8-10)16(23)20-9-12(15(18)22)5-4-11(20)2/h3,6-8,11-12H,4-5,9H2,1-2H3,(H2,18,22). The zero-order chi connectivity index (χ0) is 17.4. The number of likely N-dealkylation sites (tertiary alicyclic amines) is 1. The van der Waals surface area contributed by atoms with Gasteiger partial charge in [0.25, 0.3) is 11.5 Å². The van der Waals surface area contributed by atoms with Gasteiger partial charge in [0, 0.05) is 25.0 Å². The number of aromatic nitrogens is 2. The molecule has 0 aliphatic carbocycles. The van der Waals surface area contributed by atoms with E-state index in [-0.39, 0.29) is 24.1 Å². The molecule has 2 atom stereocenters. The number of primary amides is 1. The van der Waals surface area contributed by atoms with E-state index in [1.54, 1.807) is 17.2 Å². The summed E-state index contributed by atoms with van der Waals surface area (Å²) < 4.78 is 1.38.